The first-order valence-electron chi connectivity index (χ1n) is 10.9. The predicted octanol–water partition coefficient (Wildman–Crippen LogP) is 3.09. The molecule has 2 aromatic carbocycles. The molecule has 0 bridgehead atoms. The number of ether oxygens (including phenoxy) is 2. The van der Waals surface area contributed by atoms with Crippen molar-refractivity contribution in [2.45, 2.75) is 39.3 Å². The summed E-state index contributed by atoms with van der Waals surface area (Å²) >= 11 is 5.97. The van der Waals surface area contributed by atoms with Gasteiger partial charge < -0.3 is 20.1 Å². The second-order valence-corrected chi connectivity index (χ2v) is 10.9. The molecule has 0 aromatic heterocycles. The van der Waals surface area contributed by atoms with Crippen molar-refractivity contribution in [1.82, 2.24) is 5.32 Å². The standard InChI is InChI=1S/C24H28ClN3O6S/c1-15(23(31)27-24(2,3)4)28(18-8-5-16(25)6-9-18)22(30)13-35(32)12-21(29)26-17-7-10-19-20(11-17)34-14-33-19/h5-11,15H,12-14H2,1-4H3,(H,26,29)(H,27,31)/t15-,35+/m1/s1. The van der Waals surface area contributed by atoms with Crippen LogP contribution in [0.4, 0.5) is 11.4 Å². The van der Waals surface area contributed by atoms with Crippen LogP contribution < -0.4 is 25.0 Å². The van der Waals surface area contributed by atoms with E-state index in [9.17, 15) is 18.6 Å². The van der Waals surface area contributed by atoms with Crippen molar-refractivity contribution >= 4 is 51.5 Å². The van der Waals surface area contributed by atoms with Crippen molar-refractivity contribution in [3.8, 4) is 11.5 Å². The molecule has 9 nitrogen and oxygen atoms in total. The largest absolute Gasteiger partial charge is 0.454 e. The number of fused-ring (bicyclic) bond motifs is 1. The Morgan fingerprint density at radius 2 is 1.71 bits per heavy atom. The predicted molar refractivity (Wildman–Crippen MR) is 135 cm³/mol. The summed E-state index contributed by atoms with van der Waals surface area (Å²) < 4.78 is 23.2. The number of hydrogen-bond acceptors (Lipinski definition) is 6. The average molecular weight is 522 g/mol. The van der Waals surface area contributed by atoms with Gasteiger partial charge >= 0.3 is 0 Å². The van der Waals surface area contributed by atoms with Gasteiger partial charge in [-0.3, -0.25) is 23.5 Å². The van der Waals surface area contributed by atoms with Crippen molar-refractivity contribution in [1.29, 1.82) is 0 Å². The van der Waals surface area contributed by atoms with Crippen LogP contribution in [0.15, 0.2) is 42.5 Å². The van der Waals surface area contributed by atoms with Gasteiger partial charge in [0, 0.05) is 38.8 Å². The third-order valence-corrected chi connectivity index (χ3v) is 6.28. The number of nitrogens with zero attached hydrogens (tertiary/aromatic N) is 1. The van der Waals surface area contributed by atoms with Crippen molar-refractivity contribution in [3.05, 3.63) is 47.5 Å². The molecule has 11 heteroatoms. The number of hydrogen-bond donors (Lipinski definition) is 2. The number of rotatable bonds is 8. The van der Waals surface area contributed by atoms with Crippen LogP contribution in [0.1, 0.15) is 27.7 Å². The summed E-state index contributed by atoms with van der Waals surface area (Å²) in [5, 5.41) is 5.96. The van der Waals surface area contributed by atoms with E-state index in [-0.39, 0.29) is 12.7 Å². The Labute approximate surface area is 211 Å². The maximum Gasteiger partial charge on any atom is 0.243 e. The van der Waals surface area contributed by atoms with E-state index in [4.69, 9.17) is 21.1 Å². The van der Waals surface area contributed by atoms with Crippen LogP contribution in [0.5, 0.6) is 11.5 Å². The highest BCUT2D eigenvalue weighted by Gasteiger charge is 2.30. The SMILES string of the molecule is C[C@H](C(=O)NC(C)(C)C)N(C(=O)C[S@@](=O)CC(=O)Nc1ccc2c(c1)OCO2)c1ccc(Cl)cc1. The summed E-state index contributed by atoms with van der Waals surface area (Å²) in [6.07, 6.45) is 0. The van der Waals surface area contributed by atoms with Crippen LogP contribution >= 0.6 is 11.6 Å². The van der Waals surface area contributed by atoms with E-state index in [0.29, 0.717) is 27.9 Å². The van der Waals surface area contributed by atoms with Crippen LogP contribution in [0.25, 0.3) is 0 Å². The number of benzene rings is 2. The molecule has 3 rings (SSSR count). The fourth-order valence-corrected chi connectivity index (χ4v) is 4.36. The van der Waals surface area contributed by atoms with E-state index in [1.54, 1.807) is 49.4 Å². The number of carbonyl (C=O) groups is 3. The molecular formula is C24H28ClN3O6S. The molecule has 2 aromatic rings. The number of halogens is 1. The molecule has 2 atom stereocenters. The van der Waals surface area contributed by atoms with E-state index in [1.807, 2.05) is 20.8 Å². The normalized spacial score (nSPS) is 14.1. The van der Waals surface area contributed by atoms with Crippen molar-refractivity contribution in [2.24, 2.45) is 0 Å². The molecule has 1 aliphatic rings. The highest BCUT2D eigenvalue weighted by Crippen LogP contribution is 2.34. The van der Waals surface area contributed by atoms with Crippen LogP contribution in [0, 0.1) is 0 Å². The van der Waals surface area contributed by atoms with Gasteiger partial charge in [-0.25, -0.2) is 0 Å². The molecule has 0 radical (unpaired) electrons. The zero-order chi connectivity index (χ0) is 25.8. The van der Waals surface area contributed by atoms with Crippen LogP contribution in [-0.2, 0) is 25.2 Å². The monoisotopic (exact) mass is 521 g/mol. The van der Waals surface area contributed by atoms with Gasteiger partial charge in [-0.2, -0.15) is 0 Å². The lowest BCUT2D eigenvalue weighted by atomic mass is 10.1. The summed E-state index contributed by atoms with van der Waals surface area (Å²) in [6, 6.07) is 10.4. The maximum absolute atomic E-state index is 13.2. The van der Waals surface area contributed by atoms with Gasteiger partial charge in [-0.15, -0.1) is 0 Å². The lowest BCUT2D eigenvalue weighted by Crippen LogP contribution is -2.53. The van der Waals surface area contributed by atoms with E-state index in [0.717, 1.165) is 0 Å². The second kappa shape index (κ2) is 11.1. The molecule has 1 heterocycles. The Morgan fingerprint density at radius 1 is 1.06 bits per heavy atom. The highest BCUT2D eigenvalue weighted by atomic mass is 35.5. The van der Waals surface area contributed by atoms with Gasteiger partial charge in [0.25, 0.3) is 0 Å². The first-order chi connectivity index (χ1) is 16.4. The fourth-order valence-electron chi connectivity index (χ4n) is 3.35. The van der Waals surface area contributed by atoms with Crippen LogP contribution in [0.3, 0.4) is 0 Å². The molecule has 188 valence electrons. The van der Waals surface area contributed by atoms with Crippen LogP contribution in [0.2, 0.25) is 5.02 Å². The molecule has 1 aliphatic heterocycles. The quantitative estimate of drug-likeness (QED) is 0.552. The smallest absolute Gasteiger partial charge is 0.243 e. The van der Waals surface area contributed by atoms with Gasteiger partial charge in [-0.05, 0) is 64.1 Å². The van der Waals surface area contributed by atoms with E-state index in [2.05, 4.69) is 10.6 Å². The second-order valence-electron chi connectivity index (χ2n) is 9.00. The summed E-state index contributed by atoms with van der Waals surface area (Å²) in [6.45, 7) is 7.19. The summed E-state index contributed by atoms with van der Waals surface area (Å²) in [5.41, 5.74) is 0.381. The Bertz CT molecular complexity index is 1130. The third-order valence-electron chi connectivity index (χ3n) is 4.87. The molecule has 0 unspecified atom stereocenters. The summed E-state index contributed by atoms with van der Waals surface area (Å²) in [5.74, 6) is -1.21. The number of anilines is 2. The van der Waals surface area contributed by atoms with E-state index < -0.39 is 45.7 Å². The Hall–Kier alpha value is -3.11. The molecule has 0 spiro atoms. The zero-order valence-electron chi connectivity index (χ0n) is 19.9. The fraction of sp³-hybridized carbons (Fsp3) is 0.375. The molecule has 2 N–H and O–H groups in total. The summed E-state index contributed by atoms with van der Waals surface area (Å²) in [7, 11) is -1.82. The number of carbonyl (C=O) groups excluding carboxylic acids is 3. The van der Waals surface area contributed by atoms with Crippen LogP contribution in [-0.4, -0.2) is 51.8 Å². The van der Waals surface area contributed by atoms with E-state index >= 15 is 0 Å². The Morgan fingerprint density at radius 3 is 2.37 bits per heavy atom. The number of amides is 3. The Kier molecular flexibility index (Phi) is 8.39. The first kappa shape index (κ1) is 26.5. The van der Waals surface area contributed by atoms with Gasteiger partial charge in [-0.1, -0.05) is 11.6 Å². The molecule has 3 amide bonds. The lowest BCUT2D eigenvalue weighted by molar-refractivity contribution is -0.126. The van der Waals surface area contributed by atoms with E-state index in [1.165, 1.54) is 4.90 Å². The molecule has 0 fully saturated rings. The van der Waals surface area contributed by atoms with Crippen molar-refractivity contribution in [2.75, 3.05) is 28.5 Å². The average Bonchev–Trinajstić information content (AvgIpc) is 3.21. The van der Waals surface area contributed by atoms with Gasteiger partial charge in [0.05, 0.1) is 0 Å². The zero-order valence-corrected chi connectivity index (χ0v) is 21.5. The summed E-state index contributed by atoms with van der Waals surface area (Å²) in [4.78, 5) is 39.6. The Balaban J connectivity index is 1.67. The minimum atomic E-state index is -1.82. The van der Waals surface area contributed by atoms with Crippen molar-refractivity contribution in [3.63, 3.8) is 0 Å². The maximum atomic E-state index is 13.2. The number of nitrogens with one attached hydrogen (secondary N) is 2. The van der Waals surface area contributed by atoms with Gasteiger partial charge in [0.1, 0.15) is 17.5 Å². The molecule has 35 heavy (non-hydrogen) atoms. The van der Waals surface area contributed by atoms with Crippen molar-refractivity contribution < 1.29 is 28.1 Å². The van der Waals surface area contributed by atoms with Gasteiger partial charge in [0.15, 0.2) is 11.5 Å². The minimum absolute atomic E-state index is 0.106. The first-order valence-corrected chi connectivity index (χ1v) is 12.7. The highest BCUT2D eigenvalue weighted by molar-refractivity contribution is 7.86. The lowest BCUT2D eigenvalue weighted by Gasteiger charge is -2.31. The third kappa shape index (κ3) is 7.43. The topological polar surface area (TPSA) is 114 Å². The minimum Gasteiger partial charge on any atom is -0.454 e. The van der Waals surface area contributed by atoms with Gasteiger partial charge in [0.2, 0.25) is 24.5 Å². The molecular weight excluding hydrogens is 494 g/mol. The molecule has 0 aliphatic carbocycles. The molecule has 0 saturated heterocycles. The molecule has 0 saturated carbocycles.